The van der Waals surface area contributed by atoms with E-state index in [2.05, 4.69) is 0 Å². The van der Waals surface area contributed by atoms with Gasteiger partial charge in [0.25, 0.3) is 5.56 Å². The van der Waals surface area contributed by atoms with Crippen molar-refractivity contribution in [2.24, 2.45) is 0 Å². The summed E-state index contributed by atoms with van der Waals surface area (Å²) in [7, 11) is 0. The van der Waals surface area contributed by atoms with Crippen molar-refractivity contribution in [2.75, 3.05) is 0 Å². The number of hydrogen-bond acceptors (Lipinski definition) is 1. The molecule has 3 heteroatoms. The largest absolute Gasteiger partial charge is 0.284 e. The molecule has 0 aliphatic heterocycles. The molecule has 0 bridgehead atoms. The highest BCUT2D eigenvalue weighted by molar-refractivity contribution is 6.30. The lowest BCUT2D eigenvalue weighted by Crippen LogP contribution is -2.18. The maximum absolute atomic E-state index is 12.5. The molecule has 0 spiro atoms. The van der Waals surface area contributed by atoms with Crippen molar-refractivity contribution in [1.29, 1.82) is 0 Å². The van der Waals surface area contributed by atoms with E-state index < -0.39 is 0 Å². The Kier molecular flexibility index (Phi) is 2.88. The number of rotatable bonds is 1. The average molecular weight is 270 g/mol. The molecule has 0 N–H and O–H groups in total. The molecule has 0 unspecified atom stereocenters. The van der Waals surface area contributed by atoms with Gasteiger partial charge in [-0.2, -0.15) is 0 Å². The summed E-state index contributed by atoms with van der Waals surface area (Å²) in [6.07, 6.45) is 1.87. The predicted octanol–water partition coefficient (Wildman–Crippen LogP) is 3.95. The van der Waals surface area contributed by atoms with Crippen LogP contribution in [0.2, 0.25) is 5.02 Å². The van der Waals surface area contributed by atoms with Gasteiger partial charge in [0.15, 0.2) is 0 Å². The van der Waals surface area contributed by atoms with Crippen molar-refractivity contribution in [1.82, 2.24) is 4.57 Å². The Hall–Kier alpha value is -2.06. The molecule has 2 nitrogen and oxygen atoms in total. The zero-order valence-corrected chi connectivity index (χ0v) is 11.2. The van der Waals surface area contributed by atoms with Crippen LogP contribution in [0.3, 0.4) is 0 Å². The summed E-state index contributed by atoms with van der Waals surface area (Å²) >= 11 is 5.88. The number of aryl methyl sites for hydroxylation is 1. The molecule has 0 aliphatic rings. The zero-order chi connectivity index (χ0) is 13.4. The van der Waals surface area contributed by atoms with Crippen LogP contribution in [-0.2, 0) is 0 Å². The number of fused-ring (bicyclic) bond motifs is 1. The number of halogens is 1. The van der Waals surface area contributed by atoms with E-state index in [0.29, 0.717) is 5.02 Å². The van der Waals surface area contributed by atoms with Gasteiger partial charge >= 0.3 is 0 Å². The van der Waals surface area contributed by atoms with Crippen molar-refractivity contribution in [3.05, 3.63) is 75.7 Å². The Morgan fingerprint density at radius 2 is 1.58 bits per heavy atom. The fraction of sp³-hybridized carbons (Fsp3) is 0.0625. The second kappa shape index (κ2) is 4.56. The van der Waals surface area contributed by atoms with E-state index in [1.165, 1.54) is 0 Å². The molecule has 0 fully saturated rings. The Morgan fingerprint density at radius 3 is 2.26 bits per heavy atom. The molecule has 94 valence electrons. The quantitative estimate of drug-likeness (QED) is 0.656. The van der Waals surface area contributed by atoms with Gasteiger partial charge in [0, 0.05) is 22.3 Å². The number of nitrogens with zero attached hydrogens (tertiary/aromatic N) is 1. The van der Waals surface area contributed by atoms with Crippen LogP contribution in [0.25, 0.3) is 16.5 Å². The predicted molar refractivity (Wildman–Crippen MR) is 79.3 cm³/mol. The molecule has 1 aromatic heterocycles. The minimum atomic E-state index is -0.0106. The minimum Gasteiger partial charge on any atom is -0.284 e. The highest BCUT2D eigenvalue weighted by Crippen LogP contribution is 2.17. The standard InChI is InChI=1S/C16H12ClNO/c1-11-10-18(13-8-6-12(17)7-9-13)16(19)15-5-3-2-4-14(11)15/h2-10H,1H3. The van der Waals surface area contributed by atoms with Gasteiger partial charge in [-0.1, -0.05) is 29.8 Å². The van der Waals surface area contributed by atoms with E-state index in [0.717, 1.165) is 22.0 Å². The first-order chi connectivity index (χ1) is 9.16. The minimum absolute atomic E-state index is 0.0106. The van der Waals surface area contributed by atoms with Crippen molar-refractivity contribution in [2.45, 2.75) is 6.92 Å². The highest BCUT2D eigenvalue weighted by Gasteiger charge is 2.06. The van der Waals surface area contributed by atoms with Crippen molar-refractivity contribution < 1.29 is 0 Å². The van der Waals surface area contributed by atoms with E-state index in [-0.39, 0.29) is 5.56 Å². The van der Waals surface area contributed by atoms with Crippen LogP contribution >= 0.6 is 11.6 Å². The average Bonchev–Trinajstić information content (AvgIpc) is 2.44. The summed E-state index contributed by atoms with van der Waals surface area (Å²) < 4.78 is 1.66. The first-order valence-corrected chi connectivity index (χ1v) is 6.41. The summed E-state index contributed by atoms with van der Waals surface area (Å²) in [6, 6.07) is 14.9. The second-order valence-electron chi connectivity index (χ2n) is 4.51. The number of benzene rings is 2. The SMILES string of the molecule is Cc1cn(-c2ccc(Cl)cc2)c(=O)c2ccccc12. The van der Waals surface area contributed by atoms with E-state index >= 15 is 0 Å². The molecular weight excluding hydrogens is 258 g/mol. The van der Waals surface area contributed by atoms with Gasteiger partial charge < -0.3 is 0 Å². The summed E-state index contributed by atoms with van der Waals surface area (Å²) in [5.74, 6) is 0. The molecule has 3 aromatic rings. The lowest BCUT2D eigenvalue weighted by Gasteiger charge is -2.10. The third kappa shape index (κ3) is 2.04. The fourth-order valence-corrected chi connectivity index (χ4v) is 2.38. The van der Waals surface area contributed by atoms with Gasteiger partial charge in [0.2, 0.25) is 0 Å². The zero-order valence-electron chi connectivity index (χ0n) is 10.4. The van der Waals surface area contributed by atoms with Crippen LogP contribution in [0.5, 0.6) is 0 Å². The van der Waals surface area contributed by atoms with E-state index in [1.807, 2.05) is 49.5 Å². The van der Waals surface area contributed by atoms with Crippen molar-refractivity contribution in [3.8, 4) is 5.69 Å². The normalized spacial score (nSPS) is 10.8. The van der Waals surface area contributed by atoms with Crippen LogP contribution in [0.15, 0.2) is 59.5 Å². The smallest absolute Gasteiger partial charge is 0.262 e. The first kappa shape index (κ1) is 12.0. The summed E-state index contributed by atoms with van der Waals surface area (Å²) in [5, 5.41) is 2.39. The number of pyridine rings is 1. The molecule has 2 aromatic carbocycles. The van der Waals surface area contributed by atoms with Crippen LogP contribution in [0.1, 0.15) is 5.56 Å². The van der Waals surface area contributed by atoms with E-state index in [4.69, 9.17) is 11.6 Å². The number of aromatic nitrogens is 1. The third-order valence-electron chi connectivity index (χ3n) is 3.23. The molecule has 3 rings (SSSR count). The van der Waals surface area contributed by atoms with Crippen LogP contribution in [0, 0.1) is 6.92 Å². The molecule has 0 saturated heterocycles. The van der Waals surface area contributed by atoms with E-state index in [9.17, 15) is 4.79 Å². The molecule has 1 heterocycles. The van der Waals surface area contributed by atoms with Gasteiger partial charge in [-0.3, -0.25) is 9.36 Å². The summed E-state index contributed by atoms with van der Waals surface area (Å²) in [6.45, 7) is 2.01. The monoisotopic (exact) mass is 269 g/mol. The molecule has 0 saturated carbocycles. The van der Waals surface area contributed by atoms with Crippen LogP contribution in [0.4, 0.5) is 0 Å². The third-order valence-corrected chi connectivity index (χ3v) is 3.48. The molecule has 19 heavy (non-hydrogen) atoms. The van der Waals surface area contributed by atoms with Gasteiger partial charge in [-0.15, -0.1) is 0 Å². The Morgan fingerprint density at radius 1 is 0.947 bits per heavy atom. The fourth-order valence-electron chi connectivity index (χ4n) is 2.26. The molecular formula is C16H12ClNO. The topological polar surface area (TPSA) is 22.0 Å². The lowest BCUT2D eigenvalue weighted by atomic mass is 10.1. The number of hydrogen-bond donors (Lipinski definition) is 0. The highest BCUT2D eigenvalue weighted by atomic mass is 35.5. The second-order valence-corrected chi connectivity index (χ2v) is 4.95. The Labute approximate surface area is 115 Å². The molecule has 0 amide bonds. The van der Waals surface area contributed by atoms with Crippen LogP contribution in [-0.4, -0.2) is 4.57 Å². The van der Waals surface area contributed by atoms with Gasteiger partial charge in [0.05, 0.1) is 0 Å². The molecule has 0 aliphatic carbocycles. The first-order valence-electron chi connectivity index (χ1n) is 6.04. The maximum atomic E-state index is 12.5. The van der Waals surface area contributed by atoms with Crippen molar-refractivity contribution in [3.63, 3.8) is 0 Å². The molecule has 0 atom stereocenters. The summed E-state index contributed by atoms with van der Waals surface area (Å²) in [4.78, 5) is 12.5. The van der Waals surface area contributed by atoms with Gasteiger partial charge in [-0.05, 0) is 48.2 Å². The molecule has 0 radical (unpaired) electrons. The van der Waals surface area contributed by atoms with Crippen molar-refractivity contribution >= 4 is 22.4 Å². The van der Waals surface area contributed by atoms with Gasteiger partial charge in [0.1, 0.15) is 0 Å². The lowest BCUT2D eigenvalue weighted by molar-refractivity contribution is 0.997. The Bertz CT molecular complexity index is 803. The van der Waals surface area contributed by atoms with Crippen LogP contribution < -0.4 is 5.56 Å². The van der Waals surface area contributed by atoms with E-state index in [1.54, 1.807) is 16.7 Å². The summed E-state index contributed by atoms with van der Waals surface area (Å²) in [5.41, 5.74) is 1.89. The van der Waals surface area contributed by atoms with Gasteiger partial charge in [-0.25, -0.2) is 0 Å². The Balaban J connectivity index is 2.34. The maximum Gasteiger partial charge on any atom is 0.262 e.